The van der Waals surface area contributed by atoms with Crippen LogP contribution in [0.2, 0.25) is 0 Å². The van der Waals surface area contributed by atoms with E-state index >= 15 is 0 Å². The highest BCUT2D eigenvalue weighted by atomic mass is 32.2. The van der Waals surface area contributed by atoms with Gasteiger partial charge in [-0.3, -0.25) is 14.1 Å². The molecule has 0 aromatic rings. The van der Waals surface area contributed by atoms with E-state index < -0.39 is 33.5 Å². The van der Waals surface area contributed by atoms with Crippen molar-refractivity contribution in [1.82, 2.24) is 0 Å². The van der Waals surface area contributed by atoms with Gasteiger partial charge in [-0.2, -0.15) is 8.42 Å². The Balaban J connectivity index is 4.57. The molecule has 0 heterocycles. The number of unbranched alkanes of at least 4 members (excludes halogenated alkanes) is 1. The van der Waals surface area contributed by atoms with Crippen LogP contribution in [0.25, 0.3) is 0 Å². The minimum absolute atomic E-state index is 0.0139. The normalized spacial score (nSPS) is 14.8. The largest absolute Gasteiger partial charge is 0.481 e. The highest BCUT2D eigenvalue weighted by Gasteiger charge is 2.32. The number of rotatable bonds is 11. The molecule has 6 nitrogen and oxygen atoms in total. The Bertz CT molecular complexity index is 415. The predicted molar refractivity (Wildman–Crippen MR) is 75.1 cm³/mol. The Morgan fingerprint density at radius 1 is 1.15 bits per heavy atom. The molecule has 0 bridgehead atoms. The summed E-state index contributed by atoms with van der Waals surface area (Å²) in [7, 11) is -4.66. The third kappa shape index (κ3) is 7.59. The molecule has 20 heavy (non-hydrogen) atoms. The van der Waals surface area contributed by atoms with Crippen LogP contribution >= 0.6 is 0 Å². The van der Waals surface area contributed by atoms with E-state index in [4.69, 9.17) is 9.66 Å². The van der Waals surface area contributed by atoms with Crippen molar-refractivity contribution >= 4 is 21.9 Å². The van der Waals surface area contributed by atoms with Crippen LogP contribution in [0.5, 0.6) is 0 Å². The number of carbonyl (C=O) groups is 2. The molecule has 0 saturated heterocycles. The lowest BCUT2D eigenvalue weighted by Crippen LogP contribution is -2.32. The zero-order valence-electron chi connectivity index (χ0n) is 12.0. The summed E-state index contributed by atoms with van der Waals surface area (Å²) < 4.78 is 31.1. The van der Waals surface area contributed by atoms with Crippen molar-refractivity contribution in [3.63, 3.8) is 0 Å². The van der Waals surface area contributed by atoms with Crippen LogP contribution in [0.1, 0.15) is 58.8 Å². The van der Waals surface area contributed by atoms with Gasteiger partial charge in [0.1, 0.15) is 0 Å². The van der Waals surface area contributed by atoms with Crippen molar-refractivity contribution in [2.24, 2.45) is 5.92 Å². The molecule has 2 unspecified atom stereocenters. The fraction of sp³-hybridized carbons (Fsp3) is 0.846. The second kappa shape index (κ2) is 9.07. The first-order valence-corrected chi connectivity index (χ1v) is 8.43. The monoisotopic (exact) mass is 308 g/mol. The molecule has 0 radical (unpaired) electrons. The van der Waals surface area contributed by atoms with Crippen molar-refractivity contribution < 1.29 is 27.7 Å². The lowest BCUT2D eigenvalue weighted by molar-refractivity contribution is -0.138. The van der Waals surface area contributed by atoms with Crippen molar-refractivity contribution in [3.8, 4) is 0 Å². The molecule has 2 atom stereocenters. The van der Waals surface area contributed by atoms with Crippen molar-refractivity contribution in [2.75, 3.05) is 0 Å². The number of ketones is 1. The zero-order valence-corrected chi connectivity index (χ0v) is 12.9. The molecule has 0 rings (SSSR count). The summed E-state index contributed by atoms with van der Waals surface area (Å²) in [5.41, 5.74) is 0. The van der Waals surface area contributed by atoms with E-state index in [2.05, 4.69) is 6.92 Å². The van der Waals surface area contributed by atoms with Crippen molar-refractivity contribution in [2.45, 2.75) is 64.0 Å². The second-order valence-corrected chi connectivity index (χ2v) is 6.62. The van der Waals surface area contributed by atoms with E-state index in [1.54, 1.807) is 0 Å². The maximum atomic E-state index is 11.8. The molecule has 0 aliphatic carbocycles. The average Bonchev–Trinajstić information content (AvgIpc) is 2.34. The van der Waals surface area contributed by atoms with Gasteiger partial charge in [0, 0.05) is 6.42 Å². The Labute approximate surface area is 120 Å². The SMILES string of the molecule is CCCCC(CC)CCC(=O)C(CC(=O)O)S(=O)(=O)O. The molecular formula is C13H24O6S. The van der Waals surface area contributed by atoms with Crippen LogP contribution in [0.3, 0.4) is 0 Å². The summed E-state index contributed by atoms with van der Waals surface area (Å²) in [6.45, 7) is 4.07. The van der Waals surface area contributed by atoms with Gasteiger partial charge in [0.25, 0.3) is 10.1 Å². The van der Waals surface area contributed by atoms with Crippen LogP contribution in [-0.2, 0) is 19.7 Å². The van der Waals surface area contributed by atoms with Gasteiger partial charge in [0.15, 0.2) is 11.0 Å². The summed E-state index contributed by atoms with van der Waals surface area (Å²) in [6.07, 6.45) is 3.59. The molecule has 0 spiro atoms. The van der Waals surface area contributed by atoms with Crippen molar-refractivity contribution in [3.05, 3.63) is 0 Å². The third-order valence-electron chi connectivity index (χ3n) is 3.42. The molecule has 2 N–H and O–H groups in total. The maximum Gasteiger partial charge on any atom is 0.305 e. The summed E-state index contributed by atoms with van der Waals surface area (Å²) >= 11 is 0. The third-order valence-corrected chi connectivity index (χ3v) is 4.57. The van der Waals surface area contributed by atoms with E-state index in [0.29, 0.717) is 12.3 Å². The molecule has 118 valence electrons. The second-order valence-electron chi connectivity index (χ2n) is 5.02. The predicted octanol–water partition coefficient (Wildman–Crippen LogP) is 2.28. The topological polar surface area (TPSA) is 109 Å². The number of carbonyl (C=O) groups excluding carboxylic acids is 1. The Morgan fingerprint density at radius 2 is 1.75 bits per heavy atom. The minimum atomic E-state index is -4.66. The molecular weight excluding hydrogens is 284 g/mol. The molecule has 0 aromatic heterocycles. The fourth-order valence-electron chi connectivity index (χ4n) is 2.10. The first-order chi connectivity index (χ1) is 9.22. The fourth-order valence-corrected chi connectivity index (χ4v) is 2.90. The van der Waals surface area contributed by atoms with Crippen LogP contribution < -0.4 is 0 Å². The van der Waals surface area contributed by atoms with Gasteiger partial charge < -0.3 is 5.11 Å². The van der Waals surface area contributed by atoms with E-state index in [1.165, 1.54) is 0 Å². The lowest BCUT2D eigenvalue weighted by Gasteiger charge is -2.15. The number of hydrogen-bond donors (Lipinski definition) is 2. The van der Waals surface area contributed by atoms with E-state index in [-0.39, 0.29) is 6.42 Å². The van der Waals surface area contributed by atoms with Crippen LogP contribution in [0, 0.1) is 5.92 Å². The smallest absolute Gasteiger partial charge is 0.305 e. The first-order valence-electron chi connectivity index (χ1n) is 6.93. The quantitative estimate of drug-likeness (QED) is 0.567. The summed E-state index contributed by atoms with van der Waals surface area (Å²) in [6, 6.07) is 0. The molecule has 0 aromatic carbocycles. The van der Waals surface area contributed by atoms with Gasteiger partial charge in [0.05, 0.1) is 6.42 Å². The van der Waals surface area contributed by atoms with E-state index in [9.17, 15) is 18.0 Å². The molecule has 0 saturated carbocycles. The number of carboxylic acid groups (broad SMARTS) is 1. The van der Waals surface area contributed by atoms with Crippen LogP contribution in [0.15, 0.2) is 0 Å². The van der Waals surface area contributed by atoms with Gasteiger partial charge in [-0.1, -0.05) is 39.5 Å². The number of carboxylic acids is 1. The van der Waals surface area contributed by atoms with E-state index in [0.717, 1.165) is 25.7 Å². The highest BCUT2D eigenvalue weighted by Crippen LogP contribution is 2.20. The van der Waals surface area contributed by atoms with Gasteiger partial charge >= 0.3 is 5.97 Å². The maximum absolute atomic E-state index is 11.8. The van der Waals surface area contributed by atoms with Gasteiger partial charge in [-0.15, -0.1) is 0 Å². The van der Waals surface area contributed by atoms with Crippen LogP contribution in [0.4, 0.5) is 0 Å². The number of hydrogen-bond acceptors (Lipinski definition) is 4. The standard InChI is InChI=1S/C13H24O6S/c1-3-5-6-10(4-2)7-8-11(14)12(9-13(15)16)20(17,18)19/h10,12H,3-9H2,1-2H3,(H,15,16)(H,17,18,19). The molecule has 0 aliphatic heterocycles. The van der Waals surface area contributed by atoms with Gasteiger partial charge in [0.2, 0.25) is 0 Å². The Morgan fingerprint density at radius 3 is 2.15 bits per heavy atom. The molecule has 7 heteroatoms. The van der Waals surface area contributed by atoms with Gasteiger partial charge in [-0.05, 0) is 12.3 Å². The molecule has 0 fully saturated rings. The minimum Gasteiger partial charge on any atom is -0.481 e. The zero-order chi connectivity index (χ0) is 15.8. The van der Waals surface area contributed by atoms with Crippen molar-refractivity contribution in [1.29, 1.82) is 0 Å². The summed E-state index contributed by atoms with van der Waals surface area (Å²) in [4.78, 5) is 22.4. The van der Waals surface area contributed by atoms with E-state index in [1.807, 2.05) is 6.92 Å². The molecule has 0 amide bonds. The molecule has 0 aliphatic rings. The first kappa shape index (κ1) is 19.1. The summed E-state index contributed by atoms with van der Waals surface area (Å²) in [5.74, 6) is -1.81. The highest BCUT2D eigenvalue weighted by molar-refractivity contribution is 7.87. The summed E-state index contributed by atoms with van der Waals surface area (Å²) in [5, 5.41) is 6.76. The average molecular weight is 308 g/mol. The van der Waals surface area contributed by atoms with Crippen LogP contribution in [-0.4, -0.2) is 35.1 Å². The number of aliphatic carboxylic acids is 1. The lowest BCUT2D eigenvalue weighted by atomic mass is 9.92. The Kier molecular flexibility index (Phi) is 8.64. The Hall–Kier alpha value is -0.950. The van der Waals surface area contributed by atoms with Gasteiger partial charge in [-0.25, -0.2) is 0 Å². The number of Topliss-reactive ketones (excluding diaryl/α,β-unsaturated/α-hetero) is 1.